The van der Waals surface area contributed by atoms with Gasteiger partial charge in [-0.2, -0.15) is 0 Å². The van der Waals surface area contributed by atoms with Gasteiger partial charge in [-0.05, 0) is 36.8 Å². The van der Waals surface area contributed by atoms with Crippen LogP contribution in [0.25, 0.3) is 5.57 Å². The van der Waals surface area contributed by atoms with Crippen molar-refractivity contribution in [2.45, 2.75) is 39.0 Å². The molecule has 1 aliphatic carbocycles. The van der Waals surface area contributed by atoms with E-state index in [1.165, 1.54) is 44.8 Å². The molecule has 1 aliphatic rings. The average Bonchev–Trinajstić information content (AvgIpc) is 2.46. The van der Waals surface area contributed by atoms with Crippen molar-refractivity contribution in [2.75, 3.05) is 7.11 Å². The summed E-state index contributed by atoms with van der Waals surface area (Å²) < 4.78 is 4.80. The Morgan fingerprint density at radius 3 is 2.37 bits per heavy atom. The summed E-state index contributed by atoms with van der Waals surface area (Å²) in [5.41, 5.74) is 3.54. The SMILES string of the molecule is COC(=O)C=C(c1ccc(C)cc1)C1CCCCC1. The van der Waals surface area contributed by atoms with Crippen LogP contribution < -0.4 is 0 Å². The van der Waals surface area contributed by atoms with Crippen molar-refractivity contribution < 1.29 is 9.53 Å². The number of carbonyl (C=O) groups is 1. The van der Waals surface area contributed by atoms with Gasteiger partial charge in [-0.3, -0.25) is 0 Å². The van der Waals surface area contributed by atoms with Crippen molar-refractivity contribution in [3.8, 4) is 0 Å². The minimum Gasteiger partial charge on any atom is -0.466 e. The number of benzene rings is 1. The summed E-state index contributed by atoms with van der Waals surface area (Å²) in [6.45, 7) is 2.08. The molecule has 1 aromatic carbocycles. The first-order valence-electron chi connectivity index (χ1n) is 7.07. The second-order valence-electron chi connectivity index (χ2n) is 5.32. The molecule has 2 heteroatoms. The van der Waals surface area contributed by atoms with Gasteiger partial charge in [0.2, 0.25) is 0 Å². The lowest BCUT2D eigenvalue weighted by atomic mass is 9.80. The van der Waals surface area contributed by atoms with E-state index in [0.29, 0.717) is 5.92 Å². The van der Waals surface area contributed by atoms with E-state index in [1.807, 2.05) is 0 Å². The first kappa shape index (κ1) is 13.9. The summed E-state index contributed by atoms with van der Waals surface area (Å²) in [5.74, 6) is 0.247. The van der Waals surface area contributed by atoms with Crippen LogP contribution in [-0.2, 0) is 9.53 Å². The van der Waals surface area contributed by atoms with E-state index in [9.17, 15) is 4.79 Å². The zero-order chi connectivity index (χ0) is 13.7. The summed E-state index contributed by atoms with van der Waals surface area (Å²) in [7, 11) is 1.44. The Kier molecular flexibility index (Phi) is 4.78. The second kappa shape index (κ2) is 6.55. The van der Waals surface area contributed by atoms with Crippen molar-refractivity contribution in [3.05, 3.63) is 41.5 Å². The smallest absolute Gasteiger partial charge is 0.330 e. The average molecular weight is 258 g/mol. The minimum atomic E-state index is -0.249. The molecule has 1 saturated carbocycles. The molecule has 0 unspecified atom stereocenters. The first-order chi connectivity index (χ1) is 9.20. The molecule has 0 aromatic heterocycles. The Bertz CT molecular complexity index is 451. The molecule has 1 fully saturated rings. The Morgan fingerprint density at radius 2 is 1.79 bits per heavy atom. The number of carbonyl (C=O) groups excluding carboxylic acids is 1. The predicted molar refractivity (Wildman–Crippen MR) is 77.7 cm³/mol. The highest BCUT2D eigenvalue weighted by atomic mass is 16.5. The monoisotopic (exact) mass is 258 g/mol. The van der Waals surface area contributed by atoms with Crippen LogP contribution in [0, 0.1) is 12.8 Å². The predicted octanol–water partition coefficient (Wildman–Crippen LogP) is 4.13. The number of hydrogen-bond donors (Lipinski definition) is 0. The number of allylic oxidation sites excluding steroid dienone is 1. The number of hydrogen-bond acceptors (Lipinski definition) is 2. The topological polar surface area (TPSA) is 26.3 Å². The lowest BCUT2D eigenvalue weighted by molar-refractivity contribution is -0.134. The summed E-state index contributed by atoms with van der Waals surface area (Å²) >= 11 is 0. The third-order valence-electron chi connectivity index (χ3n) is 3.90. The third kappa shape index (κ3) is 3.69. The van der Waals surface area contributed by atoms with Gasteiger partial charge >= 0.3 is 5.97 Å². The van der Waals surface area contributed by atoms with Crippen LogP contribution >= 0.6 is 0 Å². The number of methoxy groups -OCH3 is 1. The zero-order valence-electron chi connectivity index (χ0n) is 11.8. The normalized spacial score (nSPS) is 17.3. The van der Waals surface area contributed by atoms with Crippen molar-refractivity contribution in [1.82, 2.24) is 0 Å². The van der Waals surface area contributed by atoms with E-state index in [-0.39, 0.29) is 5.97 Å². The molecule has 0 aliphatic heterocycles. The van der Waals surface area contributed by atoms with Gasteiger partial charge in [0.1, 0.15) is 0 Å². The Morgan fingerprint density at radius 1 is 1.16 bits per heavy atom. The van der Waals surface area contributed by atoms with Crippen molar-refractivity contribution >= 4 is 11.5 Å². The standard InChI is InChI=1S/C17H22O2/c1-13-8-10-15(11-9-13)16(12-17(18)19-2)14-6-4-3-5-7-14/h8-12,14H,3-7H2,1-2H3. The highest BCUT2D eigenvalue weighted by Gasteiger charge is 2.20. The fourth-order valence-electron chi connectivity index (χ4n) is 2.78. The highest BCUT2D eigenvalue weighted by Crippen LogP contribution is 2.35. The fourth-order valence-corrected chi connectivity index (χ4v) is 2.78. The summed E-state index contributed by atoms with van der Waals surface area (Å²) in [6.07, 6.45) is 7.87. The maximum absolute atomic E-state index is 11.6. The molecule has 0 radical (unpaired) electrons. The maximum Gasteiger partial charge on any atom is 0.330 e. The molecule has 0 heterocycles. The number of rotatable bonds is 3. The fraction of sp³-hybridized carbons (Fsp3) is 0.471. The van der Waals surface area contributed by atoms with Gasteiger partial charge in [0.25, 0.3) is 0 Å². The van der Waals surface area contributed by atoms with E-state index in [1.54, 1.807) is 6.08 Å². The molecule has 2 rings (SSSR count). The lowest BCUT2D eigenvalue weighted by Crippen LogP contribution is -2.10. The molecule has 0 bridgehead atoms. The Labute approximate surface area is 115 Å². The quantitative estimate of drug-likeness (QED) is 0.602. The maximum atomic E-state index is 11.6. The van der Waals surface area contributed by atoms with E-state index >= 15 is 0 Å². The highest BCUT2D eigenvalue weighted by molar-refractivity contribution is 5.91. The van der Waals surface area contributed by atoms with Crippen LogP contribution in [0.5, 0.6) is 0 Å². The molecule has 102 valence electrons. The molecular weight excluding hydrogens is 236 g/mol. The van der Waals surface area contributed by atoms with Gasteiger partial charge in [-0.15, -0.1) is 0 Å². The van der Waals surface area contributed by atoms with Gasteiger partial charge in [0, 0.05) is 6.08 Å². The Balaban J connectivity index is 2.30. The molecule has 0 saturated heterocycles. The molecular formula is C17H22O2. The van der Waals surface area contributed by atoms with Crippen LogP contribution in [0.1, 0.15) is 43.2 Å². The van der Waals surface area contributed by atoms with Crippen LogP contribution in [0.15, 0.2) is 30.3 Å². The molecule has 0 N–H and O–H groups in total. The summed E-state index contributed by atoms with van der Waals surface area (Å²) in [5, 5.41) is 0. The third-order valence-corrected chi connectivity index (χ3v) is 3.90. The minimum absolute atomic E-state index is 0.249. The van der Waals surface area contributed by atoms with Gasteiger partial charge in [-0.1, -0.05) is 49.1 Å². The van der Waals surface area contributed by atoms with Crippen molar-refractivity contribution in [2.24, 2.45) is 5.92 Å². The molecule has 2 nitrogen and oxygen atoms in total. The van der Waals surface area contributed by atoms with Crippen molar-refractivity contribution in [1.29, 1.82) is 0 Å². The van der Waals surface area contributed by atoms with Gasteiger partial charge < -0.3 is 4.74 Å². The largest absolute Gasteiger partial charge is 0.466 e. The molecule has 19 heavy (non-hydrogen) atoms. The van der Waals surface area contributed by atoms with E-state index in [4.69, 9.17) is 4.74 Å². The number of aryl methyl sites for hydroxylation is 1. The molecule has 0 amide bonds. The lowest BCUT2D eigenvalue weighted by Gasteiger charge is -2.24. The summed E-state index contributed by atoms with van der Waals surface area (Å²) in [6, 6.07) is 8.42. The Hall–Kier alpha value is -1.57. The van der Waals surface area contributed by atoms with Crippen LogP contribution in [0.3, 0.4) is 0 Å². The zero-order valence-corrected chi connectivity index (χ0v) is 11.8. The second-order valence-corrected chi connectivity index (χ2v) is 5.32. The van der Waals surface area contributed by atoms with Crippen LogP contribution in [0.4, 0.5) is 0 Å². The molecule has 0 atom stereocenters. The molecule has 0 spiro atoms. The van der Waals surface area contributed by atoms with E-state index in [0.717, 1.165) is 11.1 Å². The van der Waals surface area contributed by atoms with Crippen LogP contribution in [0.2, 0.25) is 0 Å². The summed E-state index contributed by atoms with van der Waals surface area (Å²) in [4.78, 5) is 11.6. The number of esters is 1. The van der Waals surface area contributed by atoms with Crippen molar-refractivity contribution in [3.63, 3.8) is 0 Å². The molecule has 1 aromatic rings. The number of ether oxygens (including phenoxy) is 1. The van der Waals surface area contributed by atoms with E-state index < -0.39 is 0 Å². The van der Waals surface area contributed by atoms with Crippen LogP contribution in [-0.4, -0.2) is 13.1 Å². The first-order valence-corrected chi connectivity index (χ1v) is 7.07. The van der Waals surface area contributed by atoms with Gasteiger partial charge in [0.05, 0.1) is 7.11 Å². The van der Waals surface area contributed by atoms with Gasteiger partial charge in [0.15, 0.2) is 0 Å². The van der Waals surface area contributed by atoms with E-state index in [2.05, 4.69) is 31.2 Å². The van der Waals surface area contributed by atoms with Gasteiger partial charge in [-0.25, -0.2) is 4.79 Å².